The molecule has 0 aromatic rings. The fraction of sp³-hybridized carbons (Fsp3) is 0.611. The van der Waals surface area contributed by atoms with Crippen molar-refractivity contribution in [2.24, 2.45) is 5.73 Å². The molecule has 2 N–H and O–H groups in total. The Labute approximate surface area is 139 Å². The minimum absolute atomic E-state index is 0.279. The summed E-state index contributed by atoms with van der Waals surface area (Å²) in [6.45, 7) is 13.0. The van der Waals surface area contributed by atoms with Gasteiger partial charge in [0, 0.05) is 31.2 Å². The van der Waals surface area contributed by atoms with E-state index in [0.717, 1.165) is 37.3 Å². The minimum atomic E-state index is 0.279. The van der Waals surface area contributed by atoms with Crippen LogP contribution in [0.15, 0.2) is 35.3 Å². The Morgan fingerprint density at radius 3 is 2.74 bits per heavy atom. The molecule has 5 heteroatoms. The molecule has 23 heavy (non-hydrogen) atoms. The Morgan fingerprint density at radius 2 is 2.13 bits per heavy atom. The summed E-state index contributed by atoms with van der Waals surface area (Å²) in [5, 5.41) is 0. The molecule has 0 aromatic heterocycles. The Hall–Kier alpha value is -1.75. The maximum atomic E-state index is 10.4. The summed E-state index contributed by atoms with van der Waals surface area (Å²) in [7, 11) is 0. The Balaban J connectivity index is 2.75. The van der Waals surface area contributed by atoms with Crippen LogP contribution in [0.1, 0.15) is 40.0 Å². The number of nitrogens with two attached hydrogens (primary N) is 1. The lowest BCUT2D eigenvalue weighted by Crippen LogP contribution is -2.42. The second-order valence-electron chi connectivity index (χ2n) is 5.77. The molecular weight excluding hydrogens is 292 g/mol. The summed E-state index contributed by atoms with van der Waals surface area (Å²) >= 11 is 0. The van der Waals surface area contributed by atoms with Gasteiger partial charge in [-0.05, 0) is 31.4 Å². The average molecular weight is 322 g/mol. The third-order valence-electron chi connectivity index (χ3n) is 4.25. The number of hydrogen-bond donors (Lipinski definition) is 1. The molecular formula is C18H30N2O3. The zero-order valence-electron chi connectivity index (χ0n) is 14.6. The van der Waals surface area contributed by atoms with Gasteiger partial charge in [-0.15, -0.1) is 0 Å². The van der Waals surface area contributed by atoms with Gasteiger partial charge in [-0.2, -0.15) is 0 Å². The van der Waals surface area contributed by atoms with Crippen LogP contribution in [0.5, 0.6) is 0 Å². The Morgan fingerprint density at radius 1 is 1.43 bits per heavy atom. The quantitative estimate of drug-likeness (QED) is 0.360. The fourth-order valence-electron chi connectivity index (χ4n) is 2.71. The largest absolute Gasteiger partial charge is 0.497 e. The molecule has 0 saturated carbocycles. The molecule has 0 aliphatic heterocycles. The predicted molar refractivity (Wildman–Crippen MR) is 92.6 cm³/mol. The molecule has 0 fully saturated rings. The number of carbonyl (C=O) groups is 1. The van der Waals surface area contributed by atoms with E-state index in [9.17, 15) is 4.79 Å². The van der Waals surface area contributed by atoms with Gasteiger partial charge in [-0.25, -0.2) is 0 Å². The standard InChI is InChI=1S/C18H30N2O3/c1-5-15(4)23-10-8-20(7-9-22-13-21)18-11-14(3)17(19)12-16(18)6-2/h12-13,18H,4-11,19H2,1-3H3. The van der Waals surface area contributed by atoms with E-state index in [0.29, 0.717) is 26.2 Å². The normalized spacial score (nSPS) is 17.9. The monoisotopic (exact) mass is 322 g/mol. The highest BCUT2D eigenvalue weighted by atomic mass is 16.5. The topological polar surface area (TPSA) is 64.8 Å². The van der Waals surface area contributed by atoms with Crippen molar-refractivity contribution in [1.82, 2.24) is 4.90 Å². The van der Waals surface area contributed by atoms with Gasteiger partial charge in [0.2, 0.25) is 0 Å². The first-order chi connectivity index (χ1) is 11.0. The zero-order valence-corrected chi connectivity index (χ0v) is 14.6. The smallest absolute Gasteiger partial charge is 0.293 e. The summed E-state index contributed by atoms with van der Waals surface area (Å²) in [5.41, 5.74) is 9.45. The van der Waals surface area contributed by atoms with Gasteiger partial charge < -0.3 is 15.2 Å². The second-order valence-corrected chi connectivity index (χ2v) is 5.77. The van der Waals surface area contributed by atoms with Crippen molar-refractivity contribution >= 4 is 6.47 Å². The molecule has 0 radical (unpaired) electrons. The summed E-state index contributed by atoms with van der Waals surface area (Å²) in [6.07, 6.45) is 4.76. The van der Waals surface area contributed by atoms with Crippen molar-refractivity contribution in [3.05, 3.63) is 35.3 Å². The highest BCUT2D eigenvalue weighted by Gasteiger charge is 2.25. The van der Waals surface area contributed by atoms with Crippen LogP contribution in [0, 0.1) is 0 Å². The highest BCUT2D eigenvalue weighted by Crippen LogP contribution is 2.27. The molecule has 0 amide bonds. The lowest BCUT2D eigenvalue weighted by Gasteiger charge is -2.35. The lowest BCUT2D eigenvalue weighted by molar-refractivity contribution is -0.129. The van der Waals surface area contributed by atoms with E-state index in [4.69, 9.17) is 15.2 Å². The Kier molecular flexibility index (Phi) is 8.48. The zero-order chi connectivity index (χ0) is 17.2. The average Bonchev–Trinajstić information content (AvgIpc) is 2.55. The molecule has 1 atom stereocenters. The maximum Gasteiger partial charge on any atom is 0.293 e. The van der Waals surface area contributed by atoms with Crippen molar-refractivity contribution < 1.29 is 14.3 Å². The summed E-state index contributed by atoms with van der Waals surface area (Å²) in [5.74, 6) is 0.796. The molecule has 0 aromatic carbocycles. The van der Waals surface area contributed by atoms with Crippen LogP contribution in [0.25, 0.3) is 0 Å². The minimum Gasteiger partial charge on any atom is -0.497 e. The van der Waals surface area contributed by atoms with Crippen molar-refractivity contribution in [1.29, 1.82) is 0 Å². The van der Waals surface area contributed by atoms with Gasteiger partial charge in [0.05, 0.1) is 5.76 Å². The number of hydrogen-bond acceptors (Lipinski definition) is 5. The van der Waals surface area contributed by atoms with E-state index in [1.54, 1.807) is 0 Å². The van der Waals surface area contributed by atoms with E-state index in [1.165, 1.54) is 11.1 Å². The third-order valence-corrected chi connectivity index (χ3v) is 4.25. The van der Waals surface area contributed by atoms with Crippen LogP contribution >= 0.6 is 0 Å². The van der Waals surface area contributed by atoms with Crippen LogP contribution in [0.3, 0.4) is 0 Å². The van der Waals surface area contributed by atoms with Crippen molar-refractivity contribution in [3.63, 3.8) is 0 Å². The first-order valence-electron chi connectivity index (χ1n) is 8.28. The molecule has 130 valence electrons. The molecule has 0 spiro atoms. The van der Waals surface area contributed by atoms with Gasteiger partial charge in [0.15, 0.2) is 0 Å². The van der Waals surface area contributed by atoms with Crippen molar-refractivity contribution in [2.75, 3.05) is 26.3 Å². The van der Waals surface area contributed by atoms with Crippen LogP contribution in [0.4, 0.5) is 0 Å². The SMILES string of the molecule is C=C(CC)OCCN(CCOC=O)C1CC(C)=C(N)C=C1CC. The predicted octanol–water partition coefficient (Wildman–Crippen LogP) is 2.74. The summed E-state index contributed by atoms with van der Waals surface area (Å²) < 4.78 is 10.5. The lowest BCUT2D eigenvalue weighted by atomic mass is 9.89. The van der Waals surface area contributed by atoms with E-state index in [1.807, 2.05) is 6.92 Å². The van der Waals surface area contributed by atoms with Crippen LogP contribution in [0.2, 0.25) is 0 Å². The van der Waals surface area contributed by atoms with Crippen molar-refractivity contribution in [2.45, 2.75) is 46.1 Å². The van der Waals surface area contributed by atoms with E-state index < -0.39 is 0 Å². The molecule has 0 bridgehead atoms. The van der Waals surface area contributed by atoms with Gasteiger partial charge in [0.1, 0.15) is 13.2 Å². The van der Waals surface area contributed by atoms with Gasteiger partial charge in [-0.3, -0.25) is 9.69 Å². The number of rotatable bonds is 11. The van der Waals surface area contributed by atoms with Gasteiger partial charge >= 0.3 is 0 Å². The van der Waals surface area contributed by atoms with Crippen LogP contribution in [-0.4, -0.2) is 43.7 Å². The first-order valence-corrected chi connectivity index (χ1v) is 8.28. The number of carbonyl (C=O) groups excluding carboxylic acids is 1. The summed E-state index contributed by atoms with van der Waals surface area (Å²) in [6, 6.07) is 0.279. The number of nitrogens with zero attached hydrogens (tertiary/aromatic N) is 1. The molecule has 1 unspecified atom stereocenters. The summed E-state index contributed by atoms with van der Waals surface area (Å²) in [4.78, 5) is 12.7. The van der Waals surface area contributed by atoms with E-state index in [-0.39, 0.29) is 6.04 Å². The highest BCUT2D eigenvalue weighted by molar-refractivity contribution is 5.37. The van der Waals surface area contributed by atoms with Crippen LogP contribution < -0.4 is 5.73 Å². The molecule has 0 heterocycles. The van der Waals surface area contributed by atoms with Crippen molar-refractivity contribution in [3.8, 4) is 0 Å². The Bertz CT molecular complexity index is 469. The number of allylic oxidation sites excluding steroid dienone is 2. The van der Waals surface area contributed by atoms with Crippen LogP contribution in [-0.2, 0) is 14.3 Å². The molecule has 1 rings (SSSR count). The van der Waals surface area contributed by atoms with E-state index >= 15 is 0 Å². The molecule has 1 aliphatic rings. The fourth-order valence-corrected chi connectivity index (χ4v) is 2.71. The molecule has 5 nitrogen and oxygen atoms in total. The van der Waals surface area contributed by atoms with E-state index in [2.05, 4.69) is 31.4 Å². The second kappa shape index (κ2) is 10.1. The molecule has 1 aliphatic carbocycles. The third kappa shape index (κ3) is 6.10. The van der Waals surface area contributed by atoms with Gasteiger partial charge in [0.25, 0.3) is 6.47 Å². The first kappa shape index (κ1) is 19.3. The number of ether oxygens (including phenoxy) is 2. The maximum absolute atomic E-state index is 10.4. The van der Waals surface area contributed by atoms with Gasteiger partial charge in [-0.1, -0.05) is 26.0 Å². The molecule has 0 saturated heterocycles.